The molecular weight excluding hydrogens is 594 g/mol. The molecule has 1 fully saturated rings. The Morgan fingerprint density at radius 2 is 1.72 bits per heavy atom. The fraction of sp³-hybridized carbons (Fsp3) is 0.393. The smallest absolute Gasteiger partial charge is 0.282 e. The molecule has 0 spiro atoms. The molecule has 2 aromatic heterocycles. The molecule has 5 rings (SSSR count). The molecule has 2 aromatic carbocycles. The second kappa shape index (κ2) is 12.9. The first-order valence-electron chi connectivity index (χ1n) is 13.7. The van der Waals surface area contributed by atoms with Crippen LogP contribution in [0.15, 0.2) is 53.9 Å². The number of methoxy groups -OCH3 is 2. The number of sulfonamides is 1. The van der Waals surface area contributed by atoms with Gasteiger partial charge < -0.3 is 23.9 Å². The van der Waals surface area contributed by atoms with Gasteiger partial charge in [-0.25, -0.2) is 15.0 Å². The van der Waals surface area contributed by atoms with E-state index in [1.807, 2.05) is 30.3 Å². The Morgan fingerprint density at radius 3 is 2.33 bits per heavy atom. The minimum Gasteiger partial charge on any atom is -0.497 e. The summed E-state index contributed by atoms with van der Waals surface area (Å²) in [4.78, 5) is 15.7. The van der Waals surface area contributed by atoms with E-state index in [1.54, 1.807) is 39.0 Å². The van der Waals surface area contributed by atoms with Crippen molar-refractivity contribution < 1.29 is 26.6 Å². The van der Waals surface area contributed by atoms with Gasteiger partial charge >= 0.3 is 0 Å². The van der Waals surface area contributed by atoms with Crippen LogP contribution in [0, 0.1) is 0 Å². The van der Waals surface area contributed by atoms with Crippen LogP contribution < -0.4 is 19.5 Å². The minimum atomic E-state index is -4.05. The van der Waals surface area contributed by atoms with E-state index in [0.717, 1.165) is 43.1 Å². The first kappa shape index (κ1) is 30.8. The molecule has 4 aromatic rings. The Hall–Kier alpha value is -3.63. The van der Waals surface area contributed by atoms with Crippen LogP contribution in [0.4, 0.5) is 17.3 Å². The summed E-state index contributed by atoms with van der Waals surface area (Å²) in [6.45, 7) is 2.53. The lowest BCUT2D eigenvalue weighted by Gasteiger charge is -2.40. The Bertz CT molecular complexity index is 1690. The third-order valence-electron chi connectivity index (χ3n) is 7.34. The van der Waals surface area contributed by atoms with Gasteiger partial charge in [0.1, 0.15) is 11.5 Å². The summed E-state index contributed by atoms with van der Waals surface area (Å²) >= 11 is 0. The van der Waals surface area contributed by atoms with Crippen molar-refractivity contribution >= 4 is 49.0 Å². The van der Waals surface area contributed by atoms with E-state index in [9.17, 15) is 8.42 Å². The summed E-state index contributed by atoms with van der Waals surface area (Å²) in [5.41, 5.74) is 2.68. The Balaban J connectivity index is 1.45. The molecule has 232 valence electrons. The van der Waals surface area contributed by atoms with Crippen molar-refractivity contribution in [2.24, 2.45) is 7.05 Å². The van der Waals surface area contributed by atoms with Crippen molar-refractivity contribution in [3.63, 3.8) is 0 Å². The second-order valence-electron chi connectivity index (χ2n) is 10.2. The highest BCUT2D eigenvalue weighted by molar-refractivity contribution is 8.25. The fourth-order valence-electron chi connectivity index (χ4n) is 4.92. The largest absolute Gasteiger partial charge is 0.497 e. The van der Waals surface area contributed by atoms with Crippen molar-refractivity contribution in [3.8, 4) is 11.5 Å². The van der Waals surface area contributed by atoms with Crippen LogP contribution in [0.1, 0.15) is 12.0 Å². The molecule has 0 unspecified atom stereocenters. The Kier molecular flexibility index (Phi) is 9.27. The predicted octanol–water partition coefficient (Wildman–Crippen LogP) is 3.18. The summed E-state index contributed by atoms with van der Waals surface area (Å²) in [6, 6.07) is 10.9. The molecule has 0 saturated carbocycles. The van der Waals surface area contributed by atoms with Crippen LogP contribution >= 0.6 is 10.6 Å². The minimum absolute atomic E-state index is 0.0323. The van der Waals surface area contributed by atoms with Gasteiger partial charge in [0.2, 0.25) is 0 Å². The summed E-state index contributed by atoms with van der Waals surface area (Å²) in [5, 5.41) is 3.20. The van der Waals surface area contributed by atoms with E-state index in [1.165, 1.54) is 12.5 Å². The number of benzene rings is 2. The zero-order valence-corrected chi connectivity index (χ0v) is 26.3. The van der Waals surface area contributed by atoms with E-state index in [2.05, 4.69) is 24.9 Å². The Labute approximate surface area is 253 Å². The van der Waals surface area contributed by atoms with Crippen molar-refractivity contribution in [3.05, 3.63) is 54.5 Å². The van der Waals surface area contributed by atoms with Crippen molar-refractivity contribution in [2.75, 3.05) is 62.5 Å². The van der Waals surface area contributed by atoms with Gasteiger partial charge in [0.05, 0.1) is 55.9 Å². The highest BCUT2D eigenvalue weighted by Gasteiger charge is 2.27. The third-order valence-corrected chi connectivity index (χ3v) is 10.9. The molecular formula is C28H38N7O6S2+. The number of aromatic nitrogens is 4. The number of ether oxygens (including phenoxy) is 2. The number of rotatable bonds is 12. The normalized spacial score (nSPS) is 16.1. The average molecular weight is 633 g/mol. The number of aryl methyl sites for hydroxylation is 1. The van der Waals surface area contributed by atoms with E-state index in [0.29, 0.717) is 34.6 Å². The molecule has 0 bridgehead atoms. The first-order valence-corrected chi connectivity index (χ1v) is 17.1. The molecule has 4 N–H and O–H groups in total. The number of hydrogen-bond donors (Lipinski definition) is 2. The van der Waals surface area contributed by atoms with Gasteiger partial charge in [0.15, 0.2) is 16.7 Å². The van der Waals surface area contributed by atoms with Crippen LogP contribution in [0.5, 0.6) is 11.5 Å². The zero-order chi connectivity index (χ0) is 30.6. The number of para-hydroxylation sites is 2. The summed E-state index contributed by atoms with van der Waals surface area (Å²) in [7, 11) is 0.765. The molecule has 0 amide bonds. The van der Waals surface area contributed by atoms with Gasteiger partial charge in [0, 0.05) is 44.0 Å². The molecule has 13 nitrogen and oxygen atoms in total. The van der Waals surface area contributed by atoms with Crippen molar-refractivity contribution in [1.82, 2.24) is 24.4 Å². The quantitative estimate of drug-likeness (QED) is 0.223. The number of fused-ring (bicyclic) bond motifs is 1. The molecule has 0 aliphatic carbocycles. The average Bonchev–Trinajstić information content (AvgIpc) is 3.46. The first-order chi connectivity index (χ1) is 20.6. The second-order valence-corrected chi connectivity index (χ2v) is 14.6. The monoisotopic (exact) mass is 632 g/mol. The van der Waals surface area contributed by atoms with Gasteiger partial charge in [-0.15, -0.1) is 10.6 Å². The highest BCUT2D eigenvalue weighted by Crippen LogP contribution is 2.45. The van der Waals surface area contributed by atoms with Crippen LogP contribution in [0.25, 0.3) is 11.0 Å². The van der Waals surface area contributed by atoms with Gasteiger partial charge in [-0.3, -0.25) is 13.8 Å². The predicted molar refractivity (Wildman–Crippen MR) is 169 cm³/mol. The number of nitrogens with one attached hydrogen (secondary N) is 2. The number of anilines is 3. The third kappa shape index (κ3) is 7.13. The maximum Gasteiger partial charge on any atom is 0.282 e. The maximum atomic E-state index is 13.2. The standard InChI is InChI=1S/C28H37N7O6S2/c1-34-18-26(29-19-34)43(37,38)33-28-27(30-22-9-5-6-10-23(22)31-28)32-24-16-20(39-2)17-25(40-3)21(24)8-7-11-35-12-14-42(36,41-4)15-13-35/h5-6,9-10,16-19,36H,7-8,11-15H2,1-4H3,(H,30,32)(H,31,33)/p+1. The maximum absolute atomic E-state index is 13.2. The van der Waals surface area contributed by atoms with Gasteiger partial charge in [0.25, 0.3) is 10.0 Å². The number of hydrogen-bond acceptors (Lipinski definition) is 10. The number of imidazole rings is 1. The van der Waals surface area contributed by atoms with Crippen LogP contribution in [-0.2, 0) is 27.7 Å². The van der Waals surface area contributed by atoms with Gasteiger partial charge in [-0.1, -0.05) is 12.1 Å². The number of nitrogens with zero attached hydrogens (tertiary/aromatic N) is 5. The molecule has 1 aliphatic rings. The van der Waals surface area contributed by atoms with E-state index in [4.69, 9.17) is 23.2 Å². The van der Waals surface area contributed by atoms with E-state index < -0.39 is 20.6 Å². The highest BCUT2D eigenvalue weighted by atomic mass is 32.3. The van der Waals surface area contributed by atoms with Gasteiger partial charge in [-0.05, 0) is 31.5 Å². The molecule has 1 aliphatic heterocycles. The van der Waals surface area contributed by atoms with Crippen molar-refractivity contribution in [2.45, 2.75) is 17.9 Å². The SMILES string of the molecule is COc1cc(Nc2nc3ccccc3nc2NS(=O)(=O)c2cn(C)cn2)c(CCCN2CCS([OH2+])(OC)CC2)c(OC)c1. The lowest BCUT2D eigenvalue weighted by Crippen LogP contribution is -2.39. The molecule has 3 heterocycles. The van der Waals surface area contributed by atoms with Crippen molar-refractivity contribution in [1.29, 1.82) is 0 Å². The Morgan fingerprint density at radius 1 is 1.02 bits per heavy atom. The summed E-state index contributed by atoms with van der Waals surface area (Å²) < 4.78 is 55.7. The molecule has 0 atom stereocenters. The lowest BCUT2D eigenvalue weighted by molar-refractivity contribution is 0.274. The fourth-order valence-corrected chi connectivity index (χ4v) is 7.56. The van der Waals surface area contributed by atoms with Crippen LogP contribution in [0.2, 0.25) is 0 Å². The lowest BCUT2D eigenvalue weighted by atomic mass is 10.0. The molecule has 1 saturated heterocycles. The summed E-state index contributed by atoms with van der Waals surface area (Å²) in [6.07, 6.45) is 4.34. The topological polar surface area (TPSA) is 156 Å². The summed E-state index contributed by atoms with van der Waals surface area (Å²) in [5.74, 6) is 2.96. The van der Waals surface area contributed by atoms with Gasteiger partial charge in [-0.2, -0.15) is 8.42 Å². The molecule has 0 radical (unpaired) electrons. The van der Waals surface area contributed by atoms with Crippen LogP contribution in [-0.4, -0.2) is 89.9 Å². The molecule has 15 heteroatoms. The zero-order valence-electron chi connectivity index (χ0n) is 24.7. The van der Waals surface area contributed by atoms with E-state index >= 15 is 0 Å². The van der Waals surface area contributed by atoms with Crippen LogP contribution in [0.3, 0.4) is 0 Å². The van der Waals surface area contributed by atoms with E-state index in [-0.39, 0.29) is 16.7 Å². The molecule has 43 heavy (non-hydrogen) atoms.